The van der Waals surface area contributed by atoms with Crippen molar-refractivity contribution in [3.63, 3.8) is 0 Å². The van der Waals surface area contributed by atoms with Gasteiger partial charge in [-0.2, -0.15) is 0 Å². The van der Waals surface area contributed by atoms with Crippen molar-refractivity contribution >= 4 is 38.0 Å². The molecule has 140 valence electrons. The van der Waals surface area contributed by atoms with Gasteiger partial charge in [0, 0.05) is 17.2 Å². The third-order valence-corrected chi connectivity index (χ3v) is 6.16. The molecule has 2 aromatic carbocycles. The van der Waals surface area contributed by atoms with Crippen LogP contribution in [0.5, 0.6) is 0 Å². The van der Waals surface area contributed by atoms with Crippen LogP contribution in [0.1, 0.15) is 12.5 Å². The molecule has 0 radical (unpaired) electrons. The maximum Gasteiger partial charge on any atom is 0.270 e. The molecule has 10 heteroatoms. The first-order valence-electron chi connectivity index (χ1n) is 7.87. The Morgan fingerprint density at radius 1 is 1.22 bits per heavy atom. The highest BCUT2D eigenvalue weighted by Gasteiger charge is 2.18. The normalized spacial score (nSPS) is 11.6. The van der Waals surface area contributed by atoms with E-state index in [1.165, 1.54) is 48.1 Å². The number of nitro groups is 1. The van der Waals surface area contributed by atoms with Crippen LogP contribution in [0.3, 0.4) is 0 Å². The van der Waals surface area contributed by atoms with Gasteiger partial charge in [-0.1, -0.05) is 18.5 Å². The monoisotopic (exact) mass is 407 g/mol. The van der Waals surface area contributed by atoms with Gasteiger partial charge in [-0.05, 0) is 29.8 Å². The second-order valence-electron chi connectivity index (χ2n) is 5.79. The van der Waals surface area contributed by atoms with Gasteiger partial charge < -0.3 is 0 Å². The number of fused-ring (bicyclic) bond motifs is 1. The summed E-state index contributed by atoms with van der Waals surface area (Å²) < 4.78 is 25.8. The minimum atomic E-state index is -3.52. The Balaban J connectivity index is 2.15. The molecule has 0 bridgehead atoms. The Bertz CT molecular complexity index is 1220. The molecule has 0 saturated carbocycles. The van der Waals surface area contributed by atoms with Crippen molar-refractivity contribution in [2.75, 3.05) is 5.75 Å². The fraction of sp³-hybridized carbons (Fsp3) is 0.176. The molecule has 0 atom stereocenters. The van der Waals surface area contributed by atoms with E-state index < -0.39 is 20.3 Å². The maximum absolute atomic E-state index is 12.7. The molecule has 27 heavy (non-hydrogen) atoms. The van der Waals surface area contributed by atoms with Gasteiger partial charge in [-0.25, -0.2) is 13.4 Å². The molecule has 0 aliphatic carbocycles. The summed E-state index contributed by atoms with van der Waals surface area (Å²) in [5.41, 5.74) is -0.0768. The van der Waals surface area contributed by atoms with Gasteiger partial charge in [0.15, 0.2) is 9.84 Å². The molecule has 1 aromatic heterocycles. The summed E-state index contributed by atoms with van der Waals surface area (Å²) >= 11 is 5.99. The lowest BCUT2D eigenvalue weighted by atomic mass is 10.2. The summed E-state index contributed by atoms with van der Waals surface area (Å²) in [5, 5.41) is 11.4. The average molecular weight is 408 g/mol. The van der Waals surface area contributed by atoms with E-state index in [0.717, 1.165) is 6.07 Å². The molecule has 0 fully saturated rings. The van der Waals surface area contributed by atoms with E-state index in [4.69, 9.17) is 11.6 Å². The molecule has 0 unspecified atom stereocenters. The van der Waals surface area contributed by atoms with Crippen molar-refractivity contribution in [3.05, 3.63) is 73.8 Å². The summed E-state index contributed by atoms with van der Waals surface area (Å²) in [6, 6.07) is 8.17. The minimum absolute atomic E-state index is 0.0774. The highest BCUT2D eigenvalue weighted by atomic mass is 35.5. The Morgan fingerprint density at radius 2 is 1.96 bits per heavy atom. The fourth-order valence-electron chi connectivity index (χ4n) is 2.69. The van der Waals surface area contributed by atoms with E-state index >= 15 is 0 Å². The number of nitro benzene ring substituents is 1. The predicted octanol–water partition coefficient (Wildman–Crippen LogP) is 2.80. The first-order chi connectivity index (χ1) is 12.7. The van der Waals surface area contributed by atoms with Gasteiger partial charge in [0.05, 0.1) is 39.3 Å². The number of hydrogen-bond acceptors (Lipinski definition) is 6. The average Bonchev–Trinajstić information content (AvgIpc) is 2.63. The van der Waals surface area contributed by atoms with E-state index in [2.05, 4.69) is 4.98 Å². The molecule has 0 amide bonds. The zero-order valence-electron chi connectivity index (χ0n) is 14.1. The molecule has 0 aliphatic heterocycles. The number of benzene rings is 2. The van der Waals surface area contributed by atoms with Crippen molar-refractivity contribution in [2.24, 2.45) is 0 Å². The molecular formula is C17H14ClN3O5S. The van der Waals surface area contributed by atoms with Gasteiger partial charge in [-0.3, -0.25) is 19.5 Å². The van der Waals surface area contributed by atoms with Crippen LogP contribution in [0, 0.1) is 10.1 Å². The highest BCUT2D eigenvalue weighted by molar-refractivity contribution is 7.91. The molecule has 0 spiro atoms. The van der Waals surface area contributed by atoms with Crippen LogP contribution in [-0.2, 0) is 16.4 Å². The third-order valence-electron chi connectivity index (χ3n) is 4.10. The van der Waals surface area contributed by atoms with Gasteiger partial charge in [-0.15, -0.1) is 0 Å². The van der Waals surface area contributed by atoms with Crippen molar-refractivity contribution in [2.45, 2.75) is 18.4 Å². The highest BCUT2D eigenvalue weighted by Crippen LogP contribution is 2.23. The van der Waals surface area contributed by atoms with Gasteiger partial charge >= 0.3 is 0 Å². The lowest BCUT2D eigenvalue weighted by Gasteiger charge is -2.12. The molecule has 1 heterocycles. The minimum Gasteiger partial charge on any atom is -0.294 e. The Labute approximate surface area is 159 Å². The molecular weight excluding hydrogens is 394 g/mol. The van der Waals surface area contributed by atoms with Crippen molar-refractivity contribution in [3.8, 4) is 0 Å². The van der Waals surface area contributed by atoms with Crippen molar-refractivity contribution in [1.29, 1.82) is 0 Å². The zero-order chi connectivity index (χ0) is 19.8. The summed E-state index contributed by atoms with van der Waals surface area (Å²) in [6.45, 7) is 1.44. The van der Waals surface area contributed by atoms with Crippen molar-refractivity contribution < 1.29 is 13.3 Å². The predicted molar refractivity (Wildman–Crippen MR) is 101 cm³/mol. The van der Waals surface area contributed by atoms with E-state index in [1.807, 2.05) is 0 Å². The molecule has 0 N–H and O–H groups in total. The first kappa shape index (κ1) is 19.0. The van der Waals surface area contributed by atoms with E-state index in [1.54, 1.807) is 0 Å². The summed E-state index contributed by atoms with van der Waals surface area (Å²) in [7, 11) is -3.52. The van der Waals surface area contributed by atoms with Crippen LogP contribution in [0.15, 0.2) is 52.4 Å². The number of nitrogens with zero attached hydrogens (tertiary/aromatic N) is 3. The number of rotatable bonds is 5. The first-order valence-corrected chi connectivity index (χ1v) is 9.90. The molecule has 8 nitrogen and oxygen atoms in total. The third kappa shape index (κ3) is 3.69. The second kappa shape index (κ2) is 7.09. The van der Waals surface area contributed by atoms with Gasteiger partial charge in [0.25, 0.3) is 11.2 Å². The van der Waals surface area contributed by atoms with Crippen LogP contribution in [0.2, 0.25) is 5.02 Å². The van der Waals surface area contributed by atoms with Crippen LogP contribution >= 0.6 is 11.6 Å². The van der Waals surface area contributed by atoms with E-state index in [0.29, 0.717) is 16.1 Å². The summed E-state index contributed by atoms with van der Waals surface area (Å²) in [4.78, 5) is 27.3. The SMILES string of the molecule is CCS(=O)(=O)c1ccc(Cl)cc1Cn1cnc2ccc([N+](=O)[O-])cc2c1=O. The summed E-state index contributed by atoms with van der Waals surface area (Å²) in [6.07, 6.45) is 1.28. The second-order valence-corrected chi connectivity index (χ2v) is 8.47. The van der Waals surface area contributed by atoms with E-state index in [-0.39, 0.29) is 28.3 Å². The number of hydrogen-bond donors (Lipinski definition) is 0. The lowest BCUT2D eigenvalue weighted by molar-refractivity contribution is -0.384. The number of non-ortho nitro benzene ring substituents is 1. The molecule has 0 saturated heterocycles. The number of sulfone groups is 1. The molecule has 0 aliphatic rings. The van der Waals surface area contributed by atoms with Crippen LogP contribution in [0.4, 0.5) is 5.69 Å². The maximum atomic E-state index is 12.7. The van der Waals surface area contributed by atoms with Crippen molar-refractivity contribution in [1.82, 2.24) is 9.55 Å². The number of aromatic nitrogens is 2. The van der Waals surface area contributed by atoms with E-state index in [9.17, 15) is 23.3 Å². The molecule has 3 aromatic rings. The fourth-order valence-corrected chi connectivity index (χ4v) is 3.99. The largest absolute Gasteiger partial charge is 0.294 e. The van der Waals surface area contributed by atoms with Crippen LogP contribution in [0.25, 0.3) is 10.9 Å². The lowest BCUT2D eigenvalue weighted by Crippen LogP contribution is -2.22. The molecule has 3 rings (SSSR count). The standard InChI is InChI=1S/C17H14ClN3O5S/c1-2-27(25,26)16-6-3-12(18)7-11(16)9-20-10-19-15-5-4-13(21(23)24)8-14(15)17(20)22/h3-8,10H,2,9H2,1H3. The van der Waals surface area contributed by atoms with Crippen LogP contribution < -0.4 is 5.56 Å². The summed E-state index contributed by atoms with van der Waals surface area (Å²) in [5.74, 6) is -0.0985. The quantitative estimate of drug-likeness (QED) is 0.474. The Hall–Kier alpha value is -2.78. The number of halogens is 1. The zero-order valence-corrected chi connectivity index (χ0v) is 15.7. The van der Waals surface area contributed by atoms with Gasteiger partial charge in [0.1, 0.15) is 0 Å². The topological polar surface area (TPSA) is 112 Å². The smallest absolute Gasteiger partial charge is 0.270 e. The van der Waals surface area contributed by atoms with Gasteiger partial charge in [0.2, 0.25) is 0 Å². The Kier molecular flexibility index (Phi) is 4.99. The Morgan fingerprint density at radius 3 is 2.63 bits per heavy atom. The van der Waals surface area contributed by atoms with Crippen LogP contribution in [-0.4, -0.2) is 28.6 Å².